The van der Waals surface area contributed by atoms with Gasteiger partial charge in [0.1, 0.15) is 17.3 Å². The van der Waals surface area contributed by atoms with Crippen LogP contribution in [0.15, 0.2) is 28.8 Å². The number of ether oxygens (including phenoxy) is 2. The third kappa shape index (κ3) is 2.62. The predicted molar refractivity (Wildman–Crippen MR) is 67.8 cm³/mol. The van der Waals surface area contributed by atoms with Crippen LogP contribution < -0.4 is 15.2 Å². The summed E-state index contributed by atoms with van der Waals surface area (Å²) in [6.45, 7) is 0.538. The molecular weight excluding hydrogens is 232 g/mol. The summed E-state index contributed by atoms with van der Waals surface area (Å²) < 4.78 is 16.0. The van der Waals surface area contributed by atoms with E-state index in [1.165, 1.54) is 0 Å². The van der Waals surface area contributed by atoms with Crippen molar-refractivity contribution in [2.24, 2.45) is 5.73 Å². The molecule has 0 aliphatic rings. The molecule has 0 fully saturated rings. The summed E-state index contributed by atoms with van der Waals surface area (Å²) in [5.74, 6) is 2.70. The molecule has 0 saturated heterocycles. The molecule has 0 aliphatic carbocycles. The summed E-state index contributed by atoms with van der Waals surface area (Å²) >= 11 is 0. The van der Waals surface area contributed by atoms with Crippen LogP contribution >= 0.6 is 0 Å². The molecule has 0 unspecified atom stereocenters. The van der Waals surface area contributed by atoms with Crippen LogP contribution in [0.5, 0.6) is 11.5 Å². The number of benzene rings is 1. The monoisotopic (exact) mass is 248 g/mol. The maximum absolute atomic E-state index is 5.61. The standard InChI is InChI=1S/C13H16N2O3/c1-16-11-5-9(6-12(7-11)17-2)13-15-8-10(18-13)3-4-14/h5-8H,3-4,14H2,1-2H3. The minimum absolute atomic E-state index is 0.538. The Bertz CT molecular complexity index is 500. The molecule has 5 nitrogen and oxygen atoms in total. The Labute approximate surface area is 106 Å². The molecular formula is C13H16N2O3. The average Bonchev–Trinajstić information content (AvgIpc) is 2.87. The number of aromatic nitrogens is 1. The van der Waals surface area contributed by atoms with Gasteiger partial charge in [-0.05, 0) is 18.7 Å². The summed E-state index contributed by atoms with van der Waals surface area (Å²) in [4.78, 5) is 4.22. The Morgan fingerprint density at radius 2 is 1.83 bits per heavy atom. The topological polar surface area (TPSA) is 70.5 Å². The molecule has 0 saturated carbocycles. The molecule has 18 heavy (non-hydrogen) atoms. The highest BCUT2D eigenvalue weighted by Gasteiger charge is 2.09. The number of rotatable bonds is 5. The zero-order chi connectivity index (χ0) is 13.0. The molecule has 0 amide bonds. The number of hydrogen-bond donors (Lipinski definition) is 1. The van der Waals surface area contributed by atoms with Crippen molar-refractivity contribution in [1.29, 1.82) is 0 Å². The first-order valence-corrected chi connectivity index (χ1v) is 5.65. The second kappa shape index (κ2) is 5.55. The van der Waals surface area contributed by atoms with Crippen molar-refractivity contribution in [2.45, 2.75) is 6.42 Å². The van der Waals surface area contributed by atoms with Gasteiger partial charge in [0.2, 0.25) is 5.89 Å². The van der Waals surface area contributed by atoms with E-state index in [-0.39, 0.29) is 0 Å². The Morgan fingerprint density at radius 1 is 1.17 bits per heavy atom. The maximum Gasteiger partial charge on any atom is 0.226 e. The van der Waals surface area contributed by atoms with E-state index in [0.717, 1.165) is 11.3 Å². The molecule has 2 rings (SSSR count). The van der Waals surface area contributed by atoms with Crippen molar-refractivity contribution in [1.82, 2.24) is 4.98 Å². The first-order valence-electron chi connectivity index (χ1n) is 5.65. The van der Waals surface area contributed by atoms with Gasteiger partial charge in [-0.1, -0.05) is 0 Å². The molecule has 96 valence electrons. The first kappa shape index (κ1) is 12.4. The molecule has 0 atom stereocenters. The minimum Gasteiger partial charge on any atom is -0.497 e. The van der Waals surface area contributed by atoms with E-state index in [4.69, 9.17) is 19.6 Å². The molecule has 1 aromatic carbocycles. The molecule has 2 N–H and O–H groups in total. The molecule has 0 spiro atoms. The Hall–Kier alpha value is -2.01. The van der Waals surface area contributed by atoms with E-state index < -0.39 is 0 Å². The van der Waals surface area contributed by atoms with Crippen molar-refractivity contribution < 1.29 is 13.9 Å². The lowest BCUT2D eigenvalue weighted by Gasteiger charge is -2.06. The van der Waals surface area contributed by atoms with Crippen molar-refractivity contribution in [3.8, 4) is 23.0 Å². The summed E-state index contributed by atoms with van der Waals surface area (Å²) in [7, 11) is 3.21. The quantitative estimate of drug-likeness (QED) is 0.874. The number of oxazole rings is 1. The van der Waals surface area contributed by atoms with Crippen LogP contribution in [0.4, 0.5) is 0 Å². The van der Waals surface area contributed by atoms with Gasteiger partial charge >= 0.3 is 0 Å². The van der Waals surface area contributed by atoms with Gasteiger partial charge in [0.15, 0.2) is 0 Å². The van der Waals surface area contributed by atoms with E-state index in [9.17, 15) is 0 Å². The molecule has 2 aromatic rings. The fourth-order valence-electron chi connectivity index (χ4n) is 1.63. The highest BCUT2D eigenvalue weighted by Crippen LogP contribution is 2.29. The van der Waals surface area contributed by atoms with Crippen molar-refractivity contribution in [3.63, 3.8) is 0 Å². The van der Waals surface area contributed by atoms with Gasteiger partial charge < -0.3 is 19.6 Å². The lowest BCUT2D eigenvalue weighted by atomic mass is 10.2. The number of nitrogens with zero attached hydrogens (tertiary/aromatic N) is 1. The van der Waals surface area contributed by atoms with Crippen molar-refractivity contribution in [3.05, 3.63) is 30.2 Å². The van der Waals surface area contributed by atoms with Gasteiger partial charge in [0.25, 0.3) is 0 Å². The molecule has 1 aromatic heterocycles. The van der Waals surface area contributed by atoms with Gasteiger partial charge in [0.05, 0.1) is 20.4 Å². The minimum atomic E-state index is 0.538. The van der Waals surface area contributed by atoms with Gasteiger partial charge in [-0.25, -0.2) is 4.98 Å². The van der Waals surface area contributed by atoms with E-state index in [0.29, 0.717) is 30.4 Å². The fourth-order valence-corrected chi connectivity index (χ4v) is 1.63. The first-order chi connectivity index (χ1) is 8.76. The van der Waals surface area contributed by atoms with Gasteiger partial charge in [-0.3, -0.25) is 0 Å². The maximum atomic E-state index is 5.61. The van der Waals surface area contributed by atoms with Crippen LogP contribution in [-0.2, 0) is 6.42 Å². The largest absolute Gasteiger partial charge is 0.497 e. The van der Waals surface area contributed by atoms with Crippen LogP contribution in [-0.4, -0.2) is 25.7 Å². The normalized spacial score (nSPS) is 10.4. The molecule has 5 heteroatoms. The number of methoxy groups -OCH3 is 2. The van der Waals surface area contributed by atoms with Crippen LogP contribution in [0.3, 0.4) is 0 Å². The number of hydrogen-bond acceptors (Lipinski definition) is 5. The van der Waals surface area contributed by atoms with Crippen LogP contribution in [0, 0.1) is 0 Å². The van der Waals surface area contributed by atoms with Crippen LogP contribution in [0.1, 0.15) is 5.76 Å². The Balaban J connectivity index is 2.35. The van der Waals surface area contributed by atoms with Crippen LogP contribution in [0.2, 0.25) is 0 Å². The summed E-state index contributed by atoms with van der Waals surface area (Å²) in [5.41, 5.74) is 6.29. The van der Waals surface area contributed by atoms with Crippen LogP contribution in [0.25, 0.3) is 11.5 Å². The highest BCUT2D eigenvalue weighted by atomic mass is 16.5. The zero-order valence-electron chi connectivity index (χ0n) is 10.5. The second-order valence-electron chi connectivity index (χ2n) is 3.77. The van der Waals surface area contributed by atoms with Gasteiger partial charge in [-0.2, -0.15) is 0 Å². The van der Waals surface area contributed by atoms with E-state index in [1.807, 2.05) is 12.1 Å². The smallest absolute Gasteiger partial charge is 0.226 e. The van der Waals surface area contributed by atoms with Gasteiger partial charge in [0, 0.05) is 18.1 Å². The third-order valence-corrected chi connectivity index (χ3v) is 2.54. The number of nitrogens with two attached hydrogens (primary N) is 1. The molecule has 1 heterocycles. The van der Waals surface area contributed by atoms with Crippen molar-refractivity contribution >= 4 is 0 Å². The highest BCUT2D eigenvalue weighted by molar-refractivity contribution is 5.59. The molecule has 0 aliphatic heterocycles. The SMILES string of the molecule is COc1cc(OC)cc(-c2ncc(CCN)o2)c1. The van der Waals surface area contributed by atoms with E-state index in [1.54, 1.807) is 26.5 Å². The lowest BCUT2D eigenvalue weighted by Crippen LogP contribution is -2.01. The zero-order valence-corrected chi connectivity index (χ0v) is 10.5. The molecule has 0 bridgehead atoms. The third-order valence-electron chi connectivity index (χ3n) is 2.54. The van der Waals surface area contributed by atoms with Crippen molar-refractivity contribution in [2.75, 3.05) is 20.8 Å². The predicted octanol–water partition coefficient (Wildman–Crippen LogP) is 1.86. The van der Waals surface area contributed by atoms with E-state index in [2.05, 4.69) is 4.98 Å². The second-order valence-corrected chi connectivity index (χ2v) is 3.77. The summed E-state index contributed by atoms with van der Waals surface area (Å²) in [6, 6.07) is 5.49. The fraction of sp³-hybridized carbons (Fsp3) is 0.308. The Morgan fingerprint density at radius 3 is 2.39 bits per heavy atom. The molecule has 0 radical (unpaired) electrons. The summed E-state index contributed by atoms with van der Waals surface area (Å²) in [6.07, 6.45) is 2.36. The lowest BCUT2D eigenvalue weighted by molar-refractivity contribution is 0.394. The van der Waals surface area contributed by atoms with Gasteiger partial charge in [-0.15, -0.1) is 0 Å². The Kier molecular flexibility index (Phi) is 3.84. The summed E-state index contributed by atoms with van der Waals surface area (Å²) in [5, 5.41) is 0. The van der Waals surface area contributed by atoms with E-state index >= 15 is 0 Å². The average molecular weight is 248 g/mol.